The monoisotopic (exact) mass is 275 g/mol. The molecule has 0 saturated heterocycles. The maximum Gasteiger partial charge on any atom is 0.127 e. The average molecular weight is 275 g/mol. The first-order valence-corrected chi connectivity index (χ1v) is 7.07. The van der Waals surface area contributed by atoms with Gasteiger partial charge in [0.05, 0.1) is 5.69 Å². The summed E-state index contributed by atoms with van der Waals surface area (Å²) in [6, 6.07) is 5.60. The van der Waals surface area contributed by atoms with Crippen LogP contribution in [0.3, 0.4) is 0 Å². The molecule has 3 nitrogen and oxygen atoms in total. The molecule has 0 bridgehead atoms. The Balaban J connectivity index is 2.32. The van der Waals surface area contributed by atoms with Crippen molar-refractivity contribution in [3.8, 4) is 11.1 Å². The van der Waals surface area contributed by atoms with Gasteiger partial charge in [-0.2, -0.15) is 5.10 Å². The number of halogens is 1. The first-order valence-electron chi connectivity index (χ1n) is 7.07. The molecule has 2 rings (SSSR count). The van der Waals surface area contributed by atoms with E-state index in [0.717, 1.165) is 23.4 Å². The number of rotatable bonds is 5. The summed E-state index contributed by atoms with van der Waals surface area (Å²) in [5, 5.41) is 7.69. The van der Waals surface area contributed by atoms with Gasteiger partial charge >= 0.3 is 0 Å². The smallest absolute Gasteiger partial charge is 0.127 e. The number of nitrogens with zero attached hydrogens (tertiary/aromatic N) is 2. The van der Waals surface area contributed by atoms with E-state index < -0.39 is 0 Å². The van der Waals surface area contributed by atoms with Crippen molar-refractivity contribution in [1.82, 2.24) is 15.1 Å². The van der Waals surface area contributed by atoms with Crippen molar-refractivity contribution in [3.63, 3.8) is 0 Å². The van der Waals surface area contributed by atoms with Crippen LogP contribution in [0.5, 0.6) is 0 Å². The van der Waals surface area contributed by atoms with Crippen LogP contribution in [-0.2, 0) is 13.1 Å². The second-order valence-corrected chi connectivity index (χ2v) is 5.33. The average Bonchev–Trinajstić information content (AvgIpc) is 2.79. The van der Waals surface area contributed by atoms with Crippen LogP contribution in [0, 0.1) is 12.7 Å². The molecule has 108 valence electrons. The molecule has 0 aliphatic rings. The minimum absolute atomic E-state index is 0.164. The van der Waals surface area contributed by atoms with E-state index in [1.165, 1.54) is 6.07 Å². The van der Waals surface area contributed by atoms with E-state index >= 15 is 0 Å². The lowest BCUT2D eigenvalue weighted by atomic mass is 10.0. The third kappa shape index (κ3) is 3.25. The van der Waals surface area contributed by atoms with Gasteiger partial charge in [0.1, 0.15) is 5.82 Å². The molecule has 2 aromatic rings. The Morgan fingerprint density at radius 1 is 1.35 bits per heavy atom. The summed E-state index contributed by atoms with van der Waals surface area (Å²) in [6.45, 7) is 9.52. The molecule has 0 aliphatic heterocycles. The summed E-state index contributed by atoms with van der Waals surface area (Å²) in [4.78, 5) is 0. The summed E-state index contributed by atoms with van der Waals surface area (Å²) in [5.41, 5.74) is 3.75. The Morgan fingerprint density at radius 3 is 2.70 bits per heavy atom. The normalized spacial score (nSPS) is 11.3. The molecule has 0 fully saturated rings. The van der Waals surface area contributed by atoms with Crippen molar-refractivity contribution in [2.24, 2.45) is 0 Å². The summed E-state index contributed by atoms with van der Waals surface area (Å²) >= 11 is 0. The molecule has 0 radical (unpaired) electrons. The molecule has 20 heavy (non-hydrogen) atoms. The van der Waals surface area contributed by atoms with Crippen molar-refractivity contribution < 1.29 is 4.39 Å². The highest BCUT2D eigenvalue weighted by atomic mass is 19.1. The molecule has 1 aromatic carbocycles. The first kappa shape index (κ1) is 14.7. The lowest BCUT2D eigenvalue weighted by molar-refractivity contribution is 0.553. The van der Waals surface area contributed by atoms with Crippen LogP contribution in [0.2, 0.25) is 0 Å². The van der Waals surface area contributed by atoms with Crippen molar-refractivity contribution in [2.45, 2.75) is 46.8 Å². The number of benzene rings is 1. The molecule has 1 N–H and O–H groups in total. The zero-order valence-corrected chi connectivity index (χ0v) is 12.6. The summed E-state index contributed by atoms with van der Waals surface area (Å²) in [7, 11) is 0. The van der Waals surface area contributed by atoms with Gasteiger partial charge in [0.15, 0.2) is 0 Å². The Labute approximate surface area is 119 Å². The number of hydrogen-bond donors (Lipinski definition) is 1. The van der Waals surface area contributed by atoms with Gasteiger partial charge in [-0.05, 0) is 31.5 Å². The number of aryl methyl sites for hydroxylation is 2. The molecule has 0 aliphatic carbocycles. The van der Waals surface area contributed by atoms with Gasteiger partial charge in [-0.15, -0.1) is 0 Å². The molecule has 1 heterocycles. The lowest BCUT2D eigenvalue weighted by Gasteiger charge is -2.10. The largest absolute Gasteiger partial charge is 0.310 e. The van der Waals surface area contributed by atoms with Crippen molar-refractivity contribution in [3.05, 3.63) is 41.5 Å². The van der Waals surface area contributed by atoms with Crippen LogP contribution in [0.4, 0.5) is 4.39 Å². The van der Waals surface area contributed by atoms with E-state index in [4.69, 9.17) is 0 Å². The Kier molecular flexibility index (Phi) is 4.55. The van der Waals surface area contributed by atoms with E-state index in [9.17, 15) is 4.39 Å². The topological polar surface area (TPSA) is 29.9 Å². The van der Waals surface area contributed by atoms with Gasteiger partial charge in [0, 0.05) is 36.5 Å². The van der Waals surface area contributed by atoms with E-state index in [1.54, 1.807) is 0 Å². The van der Waals surface area contributed by atoms with Crippen LogP contribution in [0.1, 0.15) is 32.0 Å². The van der Waals surface area contributed by atoms with Crippen molar-refractivity contribution >= 4 is 0 Å². The van der Waals surface area contributed by atoms with Gasteiger partial charge < -0.3 is 5.32 Å². The molecule has 1 aromatic heterocycles. The van der Waals surface area contributed by atoms with Crippen LogP contribution in [0.25, 0.3) is 11.1 Å². The summed E-state index contributed by atoms with van der Waals surface area (Å²) in [6.07, 6.45) is 2.02. The highest BCUT2D eigenvalue weighted by Gasteiger charge is 2.10. The fourth-order valence-electron chi connectivity index (χ4n) is 2.16. The number of nitrogens with one attached hydrogen (secondary N) is 1. The Hall–Kier alpha value is -1.68. The highest BCUT2D eigenvalue weighted by molar-refractivity contribution is 5.65. The van der Waals surface area contributed by atoms with Gasteiger partial charge in [-0.3, -0.25) is 4.68 Å². The SMILES string of the molecule is CCn1cc(-c2ccc(F)c(CNC(C)C)c2)c(C)n1. The second kappa shape index (κ2) is 6.18. The van der Waals surface area contributed by atoms with Gasteiger partial charge in [0.2, 0.25) is 0 Å². The Morgan fingerprint density at radius 2 is 2.10 bits per heavy atom. The van der Waals surface area contributed by atoms with Gasteiger partial charge in [0.25, 0.3) is 0 Å². The zero-order valence-electron chi connectivity index (χ0n) is 12.6. The highest BCUT2D eigenvalue weighted by Crippen LogP contribution is 2.24. The fourth-order valence-corrected chi connectivity index (χ4v) is 2.16. The fraction of sp³-hybridized carbons (Fsp3) is 0.438. The number of hydrogen-bond acceptors (Lipinski definition) is 2. The van der Waals surface area contributed by atoms with E-state index in [1.807, 2.05) is 29.9 Å². The molecule has 0 amide bonds. The van der Waals surface area contributed by atoms with Crippen LogP contribution in [0.15, 0.2) is 24.4 Å². The Bertz CT molecular complexity index is 587. The molecular formula is C16H22FN3. The van der Waals surface area contributed by atoms with Gasteiger partial charge in [-0.25, -0.2) is 4.39 Å². The van der Waals surface area contributed by atoms with Gasteiger partial charge in [-0.1, -0.05) is 19.9 Å². The quantitative estimate of drug-likeness (QED) is 0.905. The molecule has 4 heteroatoms. The standard InChI is InChI=1S/C16H22FN3/c1-5-20-10-15(12(4)19-20)13-6-7-16(17)14(8-13)9-18-11(2)3/h6-8,10-11,18H,5,9H2,1-4H3. The van der Waals surface area contributed by atoms with E-state index in [-0.39, 0.29) is 5.82 Å². The van der Waals surface area contributed by atoms with E-state index in [2.05, 4.69) is 31.2 Å². The minimum Gasteiger partial charge on any atom is -0.310 e. The number of aromatic nitrogens is 2. The molecular weight excluding hydrogens is 253 g/mol. The summed E-state index contributed by atoms with van der Waals surface area (Å²) in [5.74, 6) is -0.164. The summed E-state index contributed by atoms with van der Waals surface area (Å²) < 4.78 is 15.7. The maximum absolute atomic E-state index is 13.8. The predicted octanol–water partition coefficient (Wildman–Crippen LogP) is 3.52. The third-order valence-corrected chi connectivity index (χ3v) is 3.33. The van der Waals surface area contributed by atoms with Crippen LogP contribution >= 0.6 is 0 Å². The zero-order chi connectivity index (χ0) is 14.7. The first-order chi connectivity index (χ1) is 9.51. The minimum atomic E-state index is -0.164. The van der Waals surface area contributed by atoms with Crippen molar-refractivity contribution in [1.29, 1.82) is 0 Å². The van der Waals surface area contributed by atoms with Crippen molar-refractivity contribution in [2.75, 3.05) is 0 Å². The molecule has 0 saturated carbocycles. The van der Waals surface area contributed by atoms with E-state index in [0.29, 0.717) is 18.2 Å². The second-order valence-electron chi connectivity index (χ2n) is 5.33. The molecule has 0 spiro atoms. The van der Waals surface area contributed by atoms with Crippen LogP contribution < -0.4 is 5.32 Å². The maximum atomic E-state index is 13.8. The molecule has 0 unspecified atom stereocenters. The lowest BCUT2D eigenvalue weighted by Crippen LogP contribution is -2.22. The van der Waals surface area contributed by atoms with Crippen LogP contribution in [-0.4, -0.2) is 15.8 Å². The predicted molar refractivity (Wildman–Crippen MR) is 80.0 cm³/mol. The molecule has 0 atom stereocenters. The third-order valence-electron chi connectivity index (χ3n) is 3.33.